The summed E-state index contributed by atoms with van der Waals surface area (Å²) in [6.45, 7) is 1.98. The van der Waals surface area contributed by atoms with Gasteiger partial charge < -0.3 is 9.84 Å². The standard InChI is InChI=1S/C23H21N3O2S/c1-16(17-9-11-19(12-10-17)18-6-3-2-4-7-18)24-21(27)13-14-22-25-23(26-28-22)20-8-5-15-29-20/h2-12,15-16H,13-14H2,1H3,(H,24,27)/t16-/m1/s1. The highest BCUT2D eigenvalue weighted by Gasteiger charge is 2.13. The Balaban J connectivity index is 1.30. The van der Waals surface area contributed by atoms with Crippen LogP contribution in [-0.2, 0) is 11.2 Å². The zero-order chi connectivity index (χ0) is 20.1. The third kappa shape index (κ3) is 4.78. The molecule has 4 aromatic rings. The van der Waals surface area contributed by atoms with Gasteiger partial charge in [-0.25, -0.2) is 0 Å². The number of hydrogen-bond donors (Lipinski definition) is 1. The smallest absolute Gasteiger partial charge is 0.227 e. The molecule has 0 unspecified atom stereocenters. The first-order valence-corrected chi connectivity index (χ1v) is 10.4. The van der Waals surface area contributed by atoms with E-state index in [0.717, 1.165) is 16.0 Å². The number of hydrogen-bond acceptors (Lipinski definition) is 5. The van der Waals surface area contributed by atoms with Crippen LogP contribution in [0.3, 0.4) is 0 Å². The second-order valence-corrected chi connectivity index (χ2v) is 7.71. The second kappa shape index (κ2) is 8.84. The first-order valence-electron chi connectivity index (χ1n) is 9.50. The molecule has 0 aliphatic rings. The van der Waals surface area contributed by atoms with Gasteiger partial charge in [0.2, 0.25) is 17.6 Å². The Kier molecular flexibility index (Phi) is 5.81. The highest BCUT2D eigenvalue weighted by atomic mass is 32.1. The summed E-state index contributed by atoms with van der Waals surface area (Å²) in [6, 6.07) is 22.3. The SMILES string of the molecule is C[C@@H](NC(=O)CCc1nc(-c2cccs2)no1)c1ccc(-c2ccccc2)cc1. The van der Waals surface area contributed by atoms with Crippen molar-refractivity contribution in [3.8, 4) is 21.8 Å². The molecule has 1 atom stereocenters. The fourth-order valence-electron chi connectivity index (χ4n) is 3.07. The Morgan fingerprint density at radius 3 is 2.52 bits per heavy atom. The van der Waals surface area contributed by atoms with Gasteiger partial charge in [-0.05, 0) is 35.1 Å². The molecule has 29 heavy (non-hydrogen) atoms. The van der Waals surface area contributed by atoms with Crippen molar-refractivity contribution >= 4 is 17.2 Å². The van der Waals surface area contributed by atoms with E-state index >= 15 is 0 Å². The van der Waals surface area contributed by atoms with Gasteiger partial charge >= 0.3 is 0 Å². The first kappa shape index (κ1) is 19.1. The summed E-state index contributed by atoms with van der Waals surface area (Å²) in [7, 11) is 0. The minimum Gasteiger partial charge on any atom is -0.350 e. The maximum atomic E-state index is 12.3. The molecule has 5 nitrogen and oxygen atoms in total. The number of aromatic nitrogens is 2. The van der Waals surface area contributed by atoms with Gasteiger partial charge in [-0.2, -0.15) is 4.98 Å². The third-order valence-corrected chi connectivity index (χ3v) is 5.54. The van der Waals surface area contributed by atoms with Crippen LogP contribution < -0.4 is 5.32 Å². The molecule has 0 fully saturated rings. The van der Waals surface area contributed by atoms with E-state index in [1.54, 1.807) is 11.3 Å². The van der Waals surface area contributed by atoms with Crippen molar-refractivity contribution in [1.29, 1.82) is 0 Å². The molecular formula is C23H21N3O2S. The minimum absolute atomic E-state index is 0.0412. The van der Waals surface area contributed by atoms with Crippen LogP contribution in [0.5, 0.6) is 0 Å². The molecule has 0 bridgehead atoms. The van der Waals surface area contributed by atoms with Gasteiger partial charge in [0.15, 0.2) is 0 Å². The predicted octanol–water partition coefficient (Wildman–Crippen LogP) is 5.28. The third-order valence-electron chi connectivity index (χ3n) is 4.67. The summed E-state index contributed by atoms with van der Waals surface area (Å²) < 4.78 is 5.25. The van der Waals surface area contributed by atoms with Gasteiger partial charge in [0.1, 0.15) is 0 Å². The molecule has 0 saturated heterocycles. The summed E-state index contributed by atoms with van der Waals surface area (Å²) in [5, 5.41) is 8.97. The average molecular weight is 404 g/mol. The van der Waals surface area contributed by atoms with Crippen molar-refractivity contribution in [2.45, 2.75) is 25.8 Å². The number of carbonyl (C=O) groups excluding carboxylic acids is 1. The first-order chi connectivity index (χ1) is 14.2. The lowest BCUT2D eigenvalue weighted by molar-refractivity contribution is -0.121. The van der Waals surface area contributed by atoms with Gasteiger partial charge in [-0.15, -0.1) is 11.3 Å². The second-order valence-electron chi connectivity index (χ2n) is 6.77. The fourth-order valence-corrected chi connectivity index (χ4v) is 3.72. The van der Waals surface area contributed by atoms with Gasteiger partial charge in [0.25, 0.3) is 0 Å². The van der Waals surface area contributed by atoms with Gasteiger partial charge in [-0.3, -0.25) is 4.79 Å². The van der Waals surface area contributed by atoms with Crippen molar-refractivity contribution in [3.63, 3.8) is 0 Å². The van der Waals surface area contributed by atoms with E-state index in [-0.39, 0.29) is 11.9 Å². The Labute approximate surface area is 173 Å². The number of amides is 1. The van der Waals surface area contributed by atoms with E-state index in [1.165, 1.54) is 5.56 Å². The van der Waals surface area contributed by atoms with E-state index < -0.39 is 0 Å². The molecule has 0 aliphatic heterocycles. The van der Waals surface area contributed by atoms with Crippen LogP contribution in [0, 0.1) is 0 Å². The molecule has 0 spiro atoms. The number of thiophene rings is 1. The van der Waals surface area contributed by atoms with Crippen LogP contribution in [0.1, 0.15) is 30.8 Å². The molecule has 4 rings (SSSR count). The number of nitrogens with zero attached hydrogens (tertiary/aromatic N) is 2. The highest BCUT2D eigenvalue weighted by Crippen LogP contribution is 2.23. The normalized spacial score (nSPS) is 11.9. The number of aryl methyl sites for hydroxylation is 1. The Morgan fingerprint density at radius 2 is 1.79 bits per heavy atom. The highest BCUT2D eigenvalue weighted by molar-refractivity contribution is 7.13. The molecule has 1 amide bonds. The van der Waals surface area contributed by atoms with Gasteiger partial charge in [0.05, 0.1) is 10.9 Å². The van der Waals surface area contributed by atoms with Crippen LogP contribution in [-0.4, -0.2) is 16.0 Å². The Hall–Kier alpha value is -3.25. The molecule has 146 valence electrons. The maximum absolute atomic E-state index is 12.3. The zero-order valence-electron chi connectivity index (χ0n) is 16.0. The summed E-state index contributed by atoms with van der Waals surface area (Å²) in [5.41, 5.74) is 3.40. The van der Waals surface area contributed by atoms with E-state index in [1.807, 2.05) is 42.6 Å². The van der Waals surface area contributed by atoms with Crippen molar-refractivity contribution in [2.75, 3.05) is 0 Å². The number of nitrogens with one attached hydrogen (secondary N) is 1. The summed E-state index contributed by atoms with van der Waals surface area (Å²) in [4.78, 5) is 17.6. The lowest BCUT2D eigenvalue weighted by atomic mass is 10.0. The maximum Gasteiger partial charge on any atom is 0.227 e. The average Bonchev–Trinajstić information content (AvgIpc) is 3.45. The van der Waals surface area contributed by atoms with E-state index in [0.29, 0.717) is 24.6 Å². The molecule has 0 aliphatic carbocycles. The topological polar surface area (TPSA) is 68.0 Å². The van der Waals surface area contributed by atoms with Crippen LogP contribution in [0.2, 0.25) is 0 Å². The van der Waals surface area contributed by atoms with E-state index in [2.05, 4.69) is 51.9 Å². The van der Waals surface area contributed by atoms with E-state index in [9.17, 15) is 4.79 Å². The molecular weight excluding hydrogens is 382 g/mol. The molecule has 2 heterocycles. The molecule has 0 saturated carbocycles. The summed E-state index contributed by atoms with van der Waals surface area (Å²) in [5.74, 6) is 1.01. The van der Waals surface area contributed by atoms with Gasteiger partial charge in [-0.1, -0.05) is 65.8 Å². The number of benzene rings is 2. The quantitative estimate of drug-likeness (QED) is 0.456. The lowest BCUT2D eigenvalue weighted by Crippen LogP contribution is -2.26. The zero-order valence-corrected chi connectivity index (χ0v) is 16.9. The number of rotatable bonds is 7. The summed E-state index contributed by atoms with van der Waals surface area (Å²) in [6.07, 6.45) is 0.725. The lowest BCUT2D eigenvalue weighted by Gasteiger charge is -2.14. The monoisotopic (exact) mass is 403 g/mol. The summed E-state index contributed by atoms with van der Waals surface area (Å²) >= 11 is 1.55. The molecule has 6 heteroatoms. The molecule has 0 radical (unpaired) electrons. The van der Waals surface area contributed by atoms with E-state index in [4.69, 9.17) is 4.52 Å². The van der Waals surface area contributed by atoms with Crippen molar-refractivity contribution in [2.24, 2.45) is 0 Å². The predicted molar refractivity (Wildman–Crippen MR) is 114 cm³/mol. The largest absolute Gasteiger partial charge is 0.350 e. The Morgan fingerprint density at radius 1 is 1.03 bits per heavy atom. The van der Waals surface area contributed by atoms with Crippen molar-refractivity contribution < 1.29 is 9.32 Å². The fraction of sp³-hybridized carbons (Fsp3) is 0.174. The minimum atomic E-state index is -0.0725. The van der Waals surface area contributed by atoms with Crippen molar-refractivity contribution in [3.05, 3.63) is 83.6 Å². The van der Waals surface area contributed by atoms with Crippen LogP contribution in [0.4, 0.5) is 0 Å². The van der Waals surface area contributed by atoms with Crippen molar-refractivity contribution in [1.82, 2.24) is 15.5 Å². The number of carbonyl (C=O) groups is 1. The van der Waals surface area contributed by atoms with Crippen LogP contribution in [0.25, 0.3) is 21.8 Å². The molecule has 1 N–H and O–H groups in total. The van der Waals surface area contributed by atoms with Gasteiger partial charge in [0, 0.05) is 12.8 Å². The van der Waals surface area contributed by atoms with Crippen LogP contribution in [0.15, 0.2) is 76.6 Å². The Bertz CT molecular complexity index is 1060. The van der Waals surface area contributed by atoms with Crippen LogP contribution >= 0.6 is 11.3 Å². The molecule has 2 aromatic carbocycles. The molecule has 2 aromatic heterocycles.